The van der Waals surface area contributed by atoms with Gasteiger partial charge in [0, 0.05) is 24.2 Å². The highest BCUT2D eigenvalue weighted by molar-refractivity contribution is 6.03. The number of fused-ring (bicyclic) bond motifs is 3. The second-order valence-electron chi connectivity index (χ2n) is 8.15. The van der Waals surface area contributed by atoms with Gasteiger partial charge in [0.15, 0.2) is 0 Å². The number of aromatic nitrogens is 1. The fourth-order valence-electron chi connectivity index (χ4n) is 3.93. The van der Waals surface area contributed by atoms with E-state index >= 15 is 0 Å². The van der Waals surface area contributed by atoms with Gasteiger partial charge < -0.3 is 31.3 Å². The summed E-state index contributed by atoms with van der Waals surface area (Å²) in [5, 5.41) is 10.3. The van der Waals surface area contributed by atoms with Crippen molar-refractivity contribution in [2.45, 2.75) is 32.6 Å². The summed E-state index contributed by atoms with van der Waals surface area (Å²) in [5.41, 5.74) is 9.82. The maximum Gasteiger partial charge on any atom is 0.319 e. The molecule has 2 amide bonds. The Bertz CT molecular complexity index is 1090. The average molecular weight is 449 g/mol. The molecule has 0 spiro atoms. The van der Waals surface area contributed by atoms with Crippen LogP contribution in [0, 0.1) is 0 Å². The van der Waals surface area contributed by atoms with Crippen molar-refractivity contribution in [1.29, 1.82) is 0 Å². The molecule has 0 saturated heterocycles. The Morgan fingerprint density at radius 2 is 1.97 bits per heavy atom. The SMILES string of the molecule is CCCCOc1ccc(NC(=O)NCCCCN2CNc3c(N)nc4ccccc4c32)cc1. The Kier molecular flexibility index (Phi) is 7.34. The highest BCUT2D eigenvalue weighted by atomic mass is 16.5. The third-order valence-corrected chi connectivity index (χ3v) is 5.68. The minimum atomic E-state index is -0.201. The summed E-state index contributed by atoms with van der Waals surface area (Å²) in [6.07, 6.45) is 3.96. The molecule has 0 bridgehead atoms. The third-order valence-electron chi connectivity index (χ3n) is 5.68. The van der Waals surface area contributed by atoms with Gasteiger partial charge in [0.1, 0.15) is 17.3 Å². The molecule has 0 unspecified atom stereocenters. The van der Waals surface area contributed by atoms with E-state index in [9.17, 15) is 4.79 Å². The molecule has 0 fully saturated rings. The minimum Gasteiger partial charge on any atom is -0.494 e. The normalized spacial score (nSPS) is 12.3. The number of amides is 2. The van der Waals surface area contributed by atoms with Crippen LogP contribution in [-0.2, 0) is 0 Å². The number of nitrogens with one attached hydrogen (secondary N) is 3. The molecule has 1 aromatic heterocycles. The van der Waals surface area contributed by atoms with Gasteiger partial charge in [0.25, 0.3) is 0 Å². The van der Waals surface area contributed by atoms with Gasteiger partial charge in [0.2, 0.25) is 0 Å². The summed E-state index contributed by atoms with van der Waals surface area (Å²) in [7, 11) is 0. The topological polar surface area (TPSA) is 105 Å². The first-order valence-corrected chi connectivity index (χ1v) is 11.6. The number of unbranched alkanes of at least 4 members (excludes halogenated alkanes) is 2. The van der Waals surface area contributed by atoms with Crippen LogP contribution in [0.15, 0.2) is 48.5 Å². The zero-order valence-corrected chi connectivity index (χ0v) is 19.1. The lowest BCUT2D eigenvalue weighted by Crippen LogP contribution is -2.30. The first kappa shape index (κ1) is 22.5. The smallest absolute Gasteiger partial charge is 0.319 e. The zero-order valence-electron chi connectivity index (χ0n) is 19.1. The average Bonchev–Trinajstić information content (AvgIpc) is 3.25. The van der Waals surface area contributed by atoms with Gasteiger partial charge in [-0.25, -0.2) is 9.78 Å². The van der Waals surface area contributed by atoms with Crippen LogP contribution in [0.5, 0.6) is 5.75 Å². The van der Waals surface area contributed by atoms with Gasteiger partial charge in [-0.05, 0) is 49.6 Å². The molecule has 174 valence electrons. The number of benzene rings is 2. The number of hydrogen-bond acceptors (Lipinski definition) is 6. The number of nitrogens with zero attached hydrogens (tertiary/aromatic N) is 2. The summed E-state index contributed by atoms with van der Waals surface area (Å²) in [6.45, 7) is 5.03. The summed E-state index contributed by atoms with van der Waals surface area (Å²) >= 11 is 0. The molecule has 0 aliphatic carbocycles. The molecule has 8 heteroatoms. The minimum absolute atomic E-state index is 0.201. The predicted octanol–water partition coefficient (Wildman–Crippen LogP) is 4.79. The first-order valence-electron chi connectivity index (χ1n) is 11.6. The van der Waals surface area contributed by atoms with E-state index in [0.717, 1.165) is 65.9 Å². The van der Waals surface area contributed by atoms with Gasteiger partial charge in [-0.1, -0.05) is 31.5 Å². The molecule has 1 aliphatic rings. The number of nitrogen functional groups attached to an aromatic ring is 1. The lowest BCUT2D eigenvalue weighted by atomic mass is 10.1. The van der Waals surface area contributed by atoms with E-state index in [1.165, 1.54) is 0 Å². The van der Waals surface area contributed by atoms with Crippen molar-refractivity contribution in [2.24, 2.45) is 0 Å². The van der Waals surface area contributed by atoms with Crippen LogP contribution in [0.25, 0.3) is 10.9 Å². The molecule has 1 aliphatic heterocycles. The molecule has 33 heavy (non-hydrogen) atoms. The molecule has 2 heterocycles. The van der Waals surface area contributed by atoms with Crippen LogP contribution in [0.3, 0.4) is 0 Å². The largest absolute Gasteiger partial charge is 0.494 e. The van der Waals surface area contributed by atoms with E-state index < -0.39 is 0 Å². The quantitative estimate of drug-likeness (QED) is 0.333. The molecule has 0 radical (unpaired) electrons. The van der Waals surface area contributed by atoms with Crippen molar-refractivity contribution in [3.05, 3.63) is 48.5 Å². The van der Waals surface area contributed by atoms with E-state index in [2.05, 4.69) is 38.8 Å². The van der Waals surface area contributed by atoms with Crippen molar-refractivity contribution in [3.63, 3.8) is 0 Å². The number of carbonyl (C=O) groups excluding carboxylic acids is 1. The monoisotopic (exact) mass is 448 g/mol. The number of pyridine rings is 1. The number of carbonyl (C=O) groups is 1. The summed E-state index contributed by atoms with van der Waals surface area (Å²) in [4.78, 5) is 19.0. The molecule has 2 aromatic carbocycles. The Hall–Kier alpha value is -3.68. The lowest BCUT2D eigenvalue weighted by Gasteiger charge is -2.19. The van der Waals surface area contributed by atoms with E-state index in [1.807, 2.05) is 42.5 Å². The summed E-state index contributed by atoms with van der Waals surface area (Å²) in [6, 6.07) is 15.3. The molecule has 8 nitrogen and oxygen atoms in total. The van der Waals surface area contributed by atoms with Crippen molar-refractivity contribution in [3.8, 4) is 5.75 Å². The standard InChI is InChI=1S/C25H32N6O2/c1-2-3-16-33-19-12-10-18(11-13-19)29-25(32)27-14-6-7-15-31-17-28-22-23(31)20-8-4-5-9-21(20)30-24(22)26/h4-5,8-13,28H,2-3,6-7,14-17H2,1H3,(H2,26,30)(H2,27,29,32). The Morgan fingerprint density at radius 3 is 2.79 bits per heavy atom. The van der Waals surface area contributed by atoms with Crippen LogP contribution in [-0.4, -0.2) is 37.4 Å². The van der Waals surface area contributed by atoms with Gasteiger partial charge in [0.05, 0.1) is 24.5 Å². The fourth-order valence-corrected chi connectivity index (χ4v) is 3.93. The number of anilines is 4. The third kappa shape index (κ3) is 5.58. The second-order valence-corrected chi connectivity index (χ2v) is 8.15. The molecule has 4 rings (SSSR count). The number of ether oxygens (including phenoxy) is 1. The van der Waals surface area contributed by atoms with Gasteiger partial charge in [-0.15, -0.1) is 0 Å². The lowest BCUT2D eigenvalue weighted by molar-refractivity contribution is 0.252. The van der Waals surface area contributed by atoms with Crippen molar-refractivity contribution < 1.29 is 9.53 Å². The van der Waals surface area contributed by atoms with Crippen LogP contribution < -0.4 is 31.3 Å². The van der Waals surface area contributed by atoms with Crippen LogP contribution in [0.4, 0.5) is 27.7 Å². The predicted molar refractivity (Wildman–Crippen MR) is 135 cm³/mol. The summed E-state index contributed by atoms with van der Waals surface area (Å²) in [5.74, 6) is 1.35. The number of urea groups is 1. The summed E-state index contributed by atoms with van der Waals surface area (Å²) < 4.78 is 5.65. The highest BCUT2D eigenvalue weighted by Crippen LogP contribution is 2.40. The number of rotatable bonds is 10. The molecular formula is C25H32N6O2. The van der Waals surface area contributed by atoms with E-state index in [1.54, 1.807) is 0 Å². The number of para-hydroxylation sites is 1. The van der Waals surface area contributed by atoms with E-state index in [0.29, 0.717) is 25.6 Å². The highest BCUT2D eigenvalue weighted by Gasteiger charge is 2.24. The van der Waals surface area contributed by atoms with Gasteiger partial charge in [-0.2, -0.15) is 0 Å². The zero-order chi connectivity index (χ0) is 23.0. The Balaban J connectivity index is 1.20. The molecule has 0 saturated carbocycles. The van der Waals surface area contributed by atoms with Crippen molar-refractivity contribution in [1.82, 2.24) is 10.3 Å². The van der Waals surface area contributed by atoms with Gasteiger partial charge >= 0.3 is 6.03 Å². The number of hydrogen-bond donors (Lipinski definition) is 4. The van der Waals surface area contributed by atoms with Crippen LogP contribution in [0.1, 0.15) is 32.6 Å². The molecule has 0 atom stereocenters. The fraction of sp³-hybridized carbons (Fsp3) is 0.360. The van der Waals surface area contributed by atoms with E-state index in [4.69, 9.17) is 10.5 Å². The molecule has 3 aromatic rings. The van der Waals surface area contributed by atoms with Gasteiger partial charge in [-0.3, -0.25) is 0 Å². The number of nitrogens with two attached hydrogens (primary N) is 1. The second kappa shape index (κ2) is 10.8. The Morgan fingerprint density at radius 1 is 1.15 bits per heavy atom. The van der Waals surface area contributed by atoms with Crippen molar-refractivity contribution in [2.75, 3.05) is 47.6 Å². The first-order chi connectivity index (χ1) is 16.2. The maximum absolute atomic E-state index is 12.2. The van der Waals surface area contributed by atoms with Crippen molar-refractivity contribution >= 4 is 39.8 Å². The Labute approximate surface area is 194 Å². The van der Waals surface area contributed by atoms with E-state index in [-0.39, 0.29) is 6.03 Å². The van der Waals surface area contributed by atoms with Crippen LogP contribution >= 0.6 is 0 Å². The maximum atomic E-state index is 12.2. The molecule has 5 N–H and O–H groups in total. The van der Waals surface area contributed by atoms with Crippen LogP contribution in [0.2, 0.25) is 0 Å². The molecular weight excluding hydrogens is 416 g/mol.